The number of nitrogens with zero attached hydrogens (tertiary/aromatic N) is 2. The minimum Gasteiger partial charge on any atom is -0.495 e. The summed E-state index contributed by atoms with van der Waals surface area (Å²) in [5.41, 5.74) is 1.82. The number of aromatic nitrogens is 2. The molecule has 1 aromatic heterocycles. The van der Waals surface area contributed by atoms with Crippen LogP contribution in [0.5, 0.6) is 5.75 Å². The van der Waals surface area contributed by atoms with Crippen molar-refractivity contribution >= 4 is 23.2 Å². The fraction of sp³-hybridized carbons (Fsp3) is 0.357. The standard InChI is InChI=1S/C14H18ClN3O2/c1-10-9-18(6-7-19-2)14(16-10)17-11-4-5-12(15)13(8-11)20-3/h4-5,8-9H,6-7H2,1-3H3,(H,16,17). The number of hydrogen-bond donors (Lipinski definition) is 1. The van der Waals surface area contributed by atoms with Crippen molar-refractivity contribution in [2.45, 2.75) is 13.5 Å². The van der Waals surface area contributed by atoms with Crippen LogP contribution in [-0.4, -0.2) is 30.4 Å². The van der Waals surface area contributed by atoms with Gasteiger partial charge in [0.15, 0.2) is 0 Å². The van der Waals surface area contributed by atoms with Crippen LogP contribution in [0, 0.1) is 6.92 Å². The Hall–Kier alpha value is -1.72. The zero-order valence-electron chi connectivity index (χ0n) is 11.8. The molecule has 0 fully saturated rings. The third-order valence-electron chi connectivity index (χ3n) is 2.84. The van der Waals surface area contributed by atoms with Gasteiger partial charge in [0.05, 0.1) is 24.4 Å². The molecule has 1 aromatic carbocycles. The van der Waals surface area contributed by atoms with E-state index in [0.29, 0.717) is 17.4 Å². The summed E-state index contributed by atoms with van der Waals surface area (Å²) in [6, 6.07) is 5.51. The molecule has 5 nitrogen and oxygen atoms in total. The van der Waals surface area contributed by atoms with Crippen molar-refractivity contribution in [2.24, 2.45) is 0 Å². The highest BCUT2D eigenvalue weighted by molar-refractivity contribution is 6.32. The first-order valence-electron chi connectivity index (χ1n) is 6.27. The van der Waals surface area contributed by atoms with Crippen LogP contribution >= 0.6 is 11.6 Å². The molecule has 0 amide bonds. The number of halogens is 1. The number of imidazole rings is 1. The van der Waals surface area contributed by atoms with E-state index in [2.05, 4.69) is 10.3 Å². The lowest BCUT2D eigenvalue weighted by molar-refractivity contribution is 0.188. The van der Waals surface area contributed by atoms with Crippen molar-refractivity contribution in [1.82, 2.24) is 9.55 Å². The minimum absolute atomic E-state index is 0.581. The van der Waals surface area contributed by atoms with E-state index in [9.17, 15) is 0 Å². The zero-order chi connectivity index (χ0) is 14.5. The molecular weight excluding hydrogens is 278 g/mol. The van der Waals surface area contributed by atoms with Crippen LogP contribution in [-0.2, 0) is 11.3 Å². The fourth-order valence-corrected chi connectivity index (χ4v) is 2.07. The summed E-state index contributed by atoms with van der Waals surface area (Å²) < 4.78 is 12.3. The number of aryl methyl sites for hydroxylation is 1. The van der Waals surface area contributed by atoms with E-state index in [1.807, 2.05) is 29.8 Å². The second-order valence-corrected chi connectivity index (χ2v) is 4.77. The van der Waals surface area contributed by atoms with E-state index < -0.39 is 0 Å². The van der Waals surface area contributed by atoms with Gasteiger partial charge in [0.1, 0.15) is 5.75 Å². The van der Waals surface area contributed by atoms with Crippen LogP contribution in [0.15, 0.2) is 24.4 Å². The van der Waals surface area contributed by atoms with Gasteiger partial charge in [-0.15, -0.1) is 0 Å². The van der Waals surface area contributed by atoms with Gasteiger partial charge in [0.25, 0.3) is 0 Å². The largest absolute Gasteiger partial charge is 0.495 e. The highest BCUT2D eigenvalue weighted by Gasteiger charge is 2.08. The lowest BCUT2D eigenvalue weighted by atomic mass is 10.3. The summed E-state index contributed by atoms with van der Waals surface area (Å²) in [5.74, 6) is 1.40. The molecule has 108 valence electrons. The van der Waals surface area contributed by atoms with Crippen LogP contribution < -0.4 is 10.1 Å². The number of anilines is 2. The molecular formula is C14H18ClN3O2. The van der Waals surface area contributed by atoms with E-state index in [4.69, 9.17) is 21.1 Å². The Morgan fingerprint density at radius 3 is 2.85 bits per heavy atom. The number of hydrogen-bond acceptors (Lipinski definition) is 4. The predicted octanol–water partition coefficient (Wildman–Crippen LogP) is 3.24. The average Bonchev–Trinajstić information content (AvgIpc) is 2.78. The maximum Gasteiger partial charge on any atom is 0.207 e. The summed E-state index contributed by atoms with van der Waals surface area (Å²) in [7, 11) is 3.27. The van der Waals surface area contributed by atoms with E-state index in [-0.39, 0.29) is 0 Å². The molecule has 0 atom stereocenters. The van der Waals surface area contributed by atoms with Crippen molar-refractivity contribution < 1.29 is 9.47 Å². The molecule has 20 heavy (non-hydrogen) atoms. The van der Waals surface area contributed by atoms with E-state index in [1.165, 1.54) is 0 Å². The molecule has 0 spiro atoms. The minimum atomic E-state index is 0.581. The number of methoxy groups -OCH3 is 2. The van der Waals surface area contributed by atoms with Crippen LogP contribution in [0.1, 0.15) is 5.69 Å². The Balaban J connectivity index is 2.20. The lowest BCUT2D eigenvalue weighted by Gasteiger charge is -2.11. The van der Waals surface area contributed by atoms with Crippen molar-refractivity contribution in [3.63, 3.8) is 0 Å². The highest BCUT2D eigenvalue weighted by atomic mass is 35.5. The Morgan fingerprint density at radius 1 is 1.35 bits per heavy atom. The molecule has 0 aliphatic rings. The van der Waals surface area contributed by atoms with Gasteiger partial charge in [-0.2, -0.15) is 0 Å². The van der Waals surface area contributed by atoms with Crippen LogP contribution in [0.3, 0.4) is 0 Å². The molecule has 0 bridgehead atoms. The molecule has 1 heterocycles. The third kappa shape index (κ3) is 3.43. The second-order valence-electron chi connectivity index (χ2n) is 4.37. The van der Waals surface area contributed by atoms with Gasteiger partial charge in [-0.25, -0.2) is 4.98 Å². The van der Waals surface area contributed by atoms with Gasteiger partial charge in [-0.3, -0.25) is 0 Å². The number of rotatable bonds is 6. The first kappa shape index (κ1) is 14.7. The van der Waals surface area contributed by atoms with Gasteiger partial charge in [0.2, 0.25) is 5.95 Å². The van der Waals surface area contributed by atoms with Crippen molar-refractivity contribution in [3.05, 3.63) is 35.1 Å². The third-order valence-corrected chi connectivity index (χ3v) is 3.15. The van der Waals surface area contributed by atoms with Gasteiger partial charge >= 0.3 is 0 Å². The Morgan fingerprint density at radius 2 is 2.15 bits per heavy atom. The molecule has 0 unspecified atom stereocenters. The van der Waals surface area contributed by atoms with Crippen molar-refractivity contribution in [3.8, 4) is 5.75 Å². The first-order valence-corrected chi connectivity index (χ1v) is 6.65. The van der Waals surface area contributed by atoms with Crippen molar-refractivity contribution in [2.75, 3.05) is 26.1 Å². The smallest absolute Gasteiger partial charge is 0.207 e. The van der Waals surface area contributed by atoms with Crippen LogP contribution in [0.4, 0.5) is 11.6 Å². The van der Waals surface area contributed by atoms with E-state index >= 15 is 0 Å². The monoisotopic (exact) mass is 295 g/mol. The first-order chi connectivity index (χ1) is 9.63. The molecule has 2 aromatic rings. The highest BCUT2D eigenvalue weighted by Crippen LogP contribution is 2.28. The molecule has 0 saturated heterocycles. The maximum absolute atomic E-state index is 6.01. The molecule has 1 N–H and O–H groups in total. The summed E-state index contributed by atoms with van der Waals surface area (Å²) in [6.45, 7) is 3.33. The summed E-state index contributed by atoms with van der Waals surface area (Å²) in [6.07, 6.45) is 1.98. The zero-order valence-corrected chi connectivity index (χ0v) is 12.6. The van der Waals surface area contributed by atoms with Gasteiger partial charge < -0.3 is 19.4 Å². The summed E-state index contributed by atoms with van der Waals surface area (Å²) in [5, 5.41) is 3.84. The quantitative estimate of drug-likeness (QED) is 0.889. The summed E-state index contributed by atoms with van der Waals surface area (Å²) in [4.78, 5) is 4.46. The molecule has 0 aliphatic heterocycles. The number of ether oxygens (including phenoxy) is 2. The number of benzene rings is 1. The van der Waals surface area contributed by atoms with Crippen molar-refractivity contribution in [1.29, 1.82) is 0 Å². The normalized spacial score (nSPS) is 10.6. The SMILES string of the molecule is COCCn1cc(C)nc1Nc1ccc(Cl)c(OC)c1. The molecule has 2 rings (SSSR count). The van der Waals surface area contributed by atoms with Gasteiger partial charge in [-0.1, -0.05) is 11.6 Å². The number of nitrogens with one attached hydrogen (secondary N) is 1. The fourth-order valence-electron chi connectivity index (χ4n) is 1.87. The second kappa shape index (κ2) is 6.63. The Kier molecular flexibility index (Phi) is 4.87. The van der Waals surface area contributed by atoms with Gasteiger partial charge in [-0.05, 0) is 19.1 Å². The lowest BCUT2D eigenvalue weighted by Crippen LogP contribution is -2.07. The molecule has 0 aliphatic carbocycles. The molecule has 6 heteroatoms. The topological polar surface area (TPSA) is 48.3 Å². The molecule has 0 radical (unpaired) electrons. The molecule has 0 saturated carbocycles. The Bertz CT molecular complexity index is 584. The van der Waals surface area contributed by atoms with Crippen LogP contribution in [0.25, 0.3) is 0 Å². The van der Waals surface area contributed by atoms with Gasteiger partial charge in [0, 0.05) is 31.6 Å². The van der Waals surface area contributed by atoms with E-state index in [0.717, 1.165) is 23.9 Å². The maximum atomic E-state index is 6.01. The Labute approximate surface area is 123 Å². The average molecular weight is 296 g/mol. The summed E-state index contributed by atoms with van der Waals surface area (Å²) >= 11 is 6.01. The van der Waals surface area contributed by atoms with Crippen LogP contribution in [0.2, 0.25) is 5.02 Å². The van der Waals surface area contributed by atoms with E-state index in [1.54, 1.807) is 20.3 Å². The predicted molar refractivity (Wildman–Crippen MR) is 80.1 cm³/mol.